The number of pyridine rings is 1. The first-order chi connectivity index (χ1) is 9.11. The van der Waals surface area contributed by atoms with Crippen molar-refractivity contribution in [1.29, 1.82) is 0 Å². The van der Waals surface area contributed by atoms with Crippen LogP contribution in [0.1, 0.15) is 12.8 Å². The van der Waals surface area contributed by atoms with Gasteiger partial charge < -0.3 is 9.13 Å². The molecule has 0 N–H and O–H groups in total. The lowest BCUT2D eigenvalue weighted by atomic mass is 9.63. The summed E-state index contributed by atoms with van der Waals surface area (Å²) in [7, 11) is 6.46. The van der Waals surface area contributed by atoms with Gasteiger partial charge in [0, 0.05) is 34.5 Å². The van der Waals surface area contributed by atoms with Crippen LogP contribution in [0, 0.1) is 17.8 Å². The molecule has 3 saturated heterocycles. The van der Waals surface area contributed by atoms with E-state index in [4.69, 9.17) is 12.7 Å². The molecule has 19 heavy (non-hydrogen) atoms. The molecule has 4 aliphatic rings. The molecule has 0 spiro atoms. The second-order valence-electron chi connectivity index (χ2n) is 6.52. The maximum atomic E-state index is 6.46. The van der Waals surface area contributed by atoms with Crippen LogP contribution in [-0.4, -0.2) is 43.1 Å². The molecule has 1 aromatic heterocycles. The molecule has 4 fully saturated rings. The number of nitrogens with zero attached hydrogens (tertiary/aromatic N) is 2. The molecule has 1 saturated carbocycles. The third-order valence-electron chi connectivity index (χ3n) is 4.98. The van der Waals surface area contributed by atoms with E-state index in [1.54, 1.807) is 6.20 Å². The Kier molecular flexibility index (Phi) is 2.71. The first kappa shape index (κ1) is 12.2. The van der Waals surface area contributed by atoms with E-state index in [0.29, 0.717) is 17.9 Å². The minimum atomic E-state index is 0.319. The number of aromatic nitrogens is 1. The van der Waals surface area contributed by atoms with E-state index in [-0.39, 0.29) is 0 Å². The molecular weight excluding hydrogens is 303 g/mol. The van der Waals surface area contributed by atoms with Gasteiger partial charge in [-0.05, 0) is 34.8 Å². The van der Waals surface area contributed by atoms with E-state index in [1.165, 1.54) is 19.4 Å². The van der Waals surface area contributed by atoms with Gasteiger partial charge in [-0.2, -0.15) is 0 Å². The van der Waals surface area contributed by atoms with Crippen LogP contribution < -0.4 is 4.74 Å². The zero-order valence-electron chi connectivity index (χ0n) is 10.8. The number of piperidine rings is 3. The fraction of sp³-hybridized carbons (Fsp3) is 0.643. The summed E-state index contributed by atoms with van der Waals surface area (Å²) in [4.78, 5) is 4.34. The molecule has 4 heterocycles. The van der Waals surface area contributed by atoms with Crippen molar-refractivity contribution in [3.63, 3.8) is 0 Å². The molecular formula is C14H17BBrN2O+. The minimum Gasteiger partial charge on any atom is -0.473 e. The zero-order chi connectivity index (χ0) is 13.0. The minimum absolute atomic E-state index is 0.319. The van der Waals surface area contributed by atoms with Crippen LogP contribution in [0.15, 0.2) is 22.8 Å². The SMILES string of the molecule is [B][N+]12CC3CC(C1)C(Oc1ccc(Br)cn1)C(C3)C2. The number of ether oxygens (including phenoxy) is 1. The monoisotopic (exact) mass is 319 g/mol. The van der Waals surface area contributed by atoms with Gasteiger partial charge in [0.05, 0.1) is 19.6 Å². The van der Waals surface area contributed by atoms with Gasteiger partial charge in [-0.25, -0.2) is 4.98 Å². The second kappa shape index (κ2) is 4.22. The van der Waals surface area contributed by atoms with Gasteiger partial charge in [0.15, 0.2) is 0 Å². The normalized spacial score (nSPS) is 43.4. The van der Waals surface area contributed by atoms with Gasteiger partial charge in [-0.15, -0.1) is 0 Å². The van der Waals surface area contributed by atoms with Crippen molar-refractivity contribution in [3.05, 3.63) is 22.8 Å². The van der Waals surface area contributed by atoms with Crippen molar-refractivity contribution >= 4 is 23.9 Å². The summed E-state index contributed by atoms with van der Waals surface area (Å²) in [6.07, 6.45) is 4.69. The standard InChI is InChI=1S/C14H17BBrN2O/c15-18-6-9-3-10(7-18)14(11(4-9)8-18)19-13-2-1-12(16)5-17-13/h1-2,5,9-11,14H,3-4,6-8H2/q+1. The summed E-state index contributed by atoms with van der Waals surface area (Å²) in [5.74, 6) is 2.79. The Morgan fingerprint density at radius 2 is 1.95 bits per heavy atom. The van der Waals surface area contributed by atoms with Crippen LogP contribution >= 0.6 is 15.9 Å². The molecule has 1 aliphatic carbocycles. The highest BCUT2D eigenvalue weighted by Gasteiger charge is 2.55. The van der Waals surface area contributed by atoms with Crippen LogP contribution in [0.4, 0.5) is 0 Å². The smallest absolute Gasteiger partial charge is 0.473 e. The van der Waals surface area contributed by atoms with Gasteiger partial charge >= 0.3 is 7.98 Å². The molecule has 2 atom stereocenters. The average molecular weight is 320 g/mol. The molecule has 1 aromatic rings. The number of halogens is 1. The Bertz CT molecular complexity index is 479. The van der Waals surface area contributed by atoms with E-state index in [1.807, 2.05) is 12.1 Å². The summed E-state index contributed by atoms with van der Waals surface area (Å²) in [5.41, 5.74) is 0. The van der Waals surface area contributed by atoms with Gasteiger partial charge in [0.25, 0.3) is 0 Å². The highest BCUT2D eigenvalue weighted by molar-refractivity contribution is 9.10. The number of hydrogen-bond acceptors (Lipinski definition) is 2. The van der Waals surface area contributed by atoms with E-state index in [0.717, 1.165) is 33.8 Å². The van der Waals surface area contributed by atoms with Crippen molar-refractivity contribution in [2.45, 2.75) is 18.9 Å². The Morgan fingerprint density at radius 1 is 1.21 bits per heavy atom. The van der Waals surface area contributed by atoms with Crippen molar-refractivity contribution < 1.29 is 9.13 Å². The maximum Gasteiger partial charge on any atom is 0.481 e. The van der Waals surface area contributed by atoms with E-state index in [9.17, 15) is 0 Å². The third-order valence-corrected chi connectivity index (χ3v) is 5.45. The third kappa shape index (κ3) is 2.11. The van der Waals surface area contributed by atoms with Crippen LogP contribution in [0.5, 0.6) is 5.88 Å². The largest absolute Gasteiger partial charge is 0.481 e. The second-order valence-corrected chi connectivity index (χ2v) is 7.44. The Balaban J connectivity index is 1.55. The van der Waals surface area contributed by atoms with Gasteiger partial charge in [-0.1, -0.05) is 0 Å². The number of hydrogen-bond donors (Lipinski definition) is 0. The quantitative estimate of drug-likeness (QED) is 0.779. The Hall–Kier alpha value is -0.545. The molecule has 0 aromatic carbocycles. The molecule has 5 rings (SSSR count). The van der Waals surface area contributed by atoms with E-state index < -0.39 is 0 Å². The van der Waals surface area contributed by atoms with Gasteiger partial charge in [0.2, 0.25) is 5.88 Å². The predicted molar refractivity (Wildman–Crippen MR) is 76.7 cm³/mol. The fourth-order valence-electron chi connectivity index (χ4n) is 4.55. The lowest BCUT2D eigenvalue weighted by Crippen LogP contribution is -2.70. The van der Waals surface area contributed by atoms with E-state index in [2.05, 4.69) is 20.9 Å². The molecule has 3 nitrogen and oxygen atoms in total. The number of quaternary nitrogens is 1. The van der Waals surface area contributed by atoms with Crippen molar-refractivity contribution in [1.82, 2.24) is 4.98 Å². The molecule has 2 radical (unpaired) electrons. The van der Waals surface area contributed by atoms with Crippen LogP contribution in [0.25, 0.3) is 0 Å². The molecule has 98 valence electrons. The molecule has 4 bridgehead atoms. The summed E-state index contributed by atoms with van der Waals surface area (Å²) < 4.78 is 7.97. The summed E-state index contributed by atoms with van der Waals surface area (Å²) in [6, 6.07) is 3.93. The maximum absolute atomic E-state index is 6.46. The lowest BCUT2D eigenvalue weighted by molar-refractivity contribution is -0.852. The average Bonchev–Trinajstić information content (AvgIpc) is 2.34. The Morgan fingerprint density at radius 3 is 2.53 bits per heavy atom. The van der Waals surface area contributed by atoms with Crippen molar-refractivity contribution in [2.24, 2.45) is 17.8 Å². The molecule has 5 heteroatoms. The van der Waals surface area contributed by atoms with Crippen LogP contribution in [0.3, 0.4) is 0 Å². The summed E-state index contributed by atoms with van der Waals surface area (Å²) >= 11 is 3.40. The zero-order valence-corrected chi connectivity index (χ0v) is 12.4. The first-order valence-corrected chi connectivity index (χ1v) is 7.83. The first-order valence-electron chi connectivity index (χ1n) is 7.04. The predicted octanol–water partition coefficient (Wildman–Crippen LogP) is 2.16. The van der Waals surface area contributed by atoms with Gasteiger partial charge in [-0.3, -0.25) is 0 Å². The van der Waals surface area contributed by atoms with Crippen LogP contribution in [-0.2, 0) is 0 Å². The van der Waals surface area contributed by atoms with Crippen molar-refractivity contribution in [3.8, 4) is 5.88 Å². The lowest BCUT2D eigenvalue weighted by Gasteiger charge is -2.59. The molecule has 0 amide bonds. The Labute approximate surface area is 123 Å². The van der Waals surface area contributed by atoms with Crippen molar-refractivity contribution in [2.75, 3.05) is 19.6 Å². The van der Waals surface area contributed by atoms with Crippen LogP contribution in [0.2, 0.25) is 0 Å². The topological polar surface area (TPSA) is 22.1 Å². The van der Waals surface area contributed by atoms with Gasteiger partial charge in [0.1, 0.15) is 6.10 Å². The summed E-state index contributed by atoms with van der Waals surface area (Å²) in [5, 5.41) is 0. The van der Waals surface area contributed by atoms with E-state index >= 15 is 0 Å². The fourth-order valence-corrected chi connectivity index (χ4v) is 4.78. The number of rotatable bonds is 2. The molecule has 2 unspecified atom stereocenters. The highest BCUT2D eigenvalue weighted by atomic mass is 79.9. The molecule has 3 aliphatic heterocycles. The summed E-state index contributed by atoms with van der Waals surface area (Å²) in [6.45, 7) is 3.33. The highest BCUT2D eigenvalue weighted by Crippen LogP contribution is 2.47.